The van der Waals surface area contributed by atoms with Crippen LogP contribution >= 0.6 is 23.4 Å². The number of halogens is 1. The van der Waals surface area contributed by atoms with E-state index < -0.39 is 0 Å². The summed E-state index contributed by atoms with van der Waals surface area (Å²) in [6, 6.07) is 24.0. The third-order valence-electron chi connectivity index (χ3n) is 4.28. The smallest absolute Gasteiger partial charge is 0.266 e. The van der Waals surface area contributed by atoms with E-state index in [9.17, 15) is 4.79 Å². The minimum absolute atomic E-state index is 0.131. The Balaban J connectivity index is 1.81. The fourth-order valence-corrected chi connectivity index (χ4v) is 3.94. The Labute approximate surface area is 171 Å². The van der Waals surface area contributed by atoms with Crippen LogP contribution in [0.15, 0.2) is 82.7 Å². The normalized spacial score (nSPS) is 10.7. The van der Waals surface area contributed by atoms with E-state index in [4.69, 9.17) is 21.8 Å². The van der Waals surface area contributed by atoms with Crippen molar-refractivity contribution in [2.24, 2.45) is 0 Å². The topological polar surface area (TPSA) is 58.7 Å². The van der Waals surface area contributed by atoms with Crippen molar-refractivity contribution in [3.8, 4) is 11.8 Å². The number of para-hydroxylation sites is 1. The third kappa shape index (κ3) is 3.65. The first-order valence-electron chi connectivity index (χ1n) is 8.55. The Kier molecular flexibility index (Phi) is 5.16. The molecule has 4 nitrogen and oxygen atoms in total. The molecule has 0 spiro atoms. The molecule has 0 aliphatic carbocycles. The Hall–Kier alpha value is -3.07. The summed E-state index contributed by atoms with van der Waals surface area (Å²) in [5, 5.41) is 10.9. The second-order valence-corrected chi connectivity index (χ2v) is 7.50. The molecule has 0 atom stereocenters. The van der Waals surface area contributed by atoms with Crippen LogP contribution in [0.4, 0.5) is 0 Å². The first-order valence-corrected chi connectivity index (χ1v) is 9.91. The van der Waals surface area contributed by atoms with Gasteiger partial charge in [-0.3, -0.25) is 9.36 Å². The summed E-state index contributed by atoms with van der Waals surface area (Å²) < 4.78 is 1.60. The second kappa shape index (κ2) is 7.89. The van der Waals surface area contributed by atoms with Crippen molar-refractivity contribution in [2.45, 2.75) is 10.9 Å². The molecule has 0 amide bonds. The highest BCUT2D eigenvalue weighted by Gasteiger charge is 2.13. The second-order valence-electron chi connectivity index (χ2n) is 6.13. The van der Waals surface area contributed by atoms with Gasteiger partial charge < -0.3 is 0 Å². The van der Waals surface area contributed by atoms with Crippen molar-refractivity contribution < 1.29 is 0 Å². The summed E-state index contributed by atoms with van der Waals surface area (Å²) in [5.74, 6) is 0.651. The average Bonchev–Trinajstić information content (AvgIpc) is 2.74. The first-order chi connectivity index (χ1) is 13.7. The van der Waals surface area contributed by atoms with Crippen LogP contribution in [-0.2, 0) is 5.75 Å². The molecule has 136 valence electrons. The molecule has 4 rings (SSSR count). The summed E-state index contributed by atoms with van der Waals surface area (Å²) in [5.41, 5.74) is 2.84. The van der Waals surface area contributed by atoms with Crippen LogP contribution in [0, 0.1) is 11.3 Å². The average molecular weight is 404 g/mol. The summed E-state index contributed by atoms with van der Waals surface area (Å²) in [6.45, 7) is 0. The van der Waals surface area contributed by atoms with Crippen LogP contribution < -0.4 is 5.56 Å². The molecule has 1 heterocycles. The number of benzene rings is 3. The molecular weight excluding hydrogens is 390 g/mol. The molecule has 6 heteroatoms. The number of thioether (sulfide) groups is 1. The number of hydrogen-bond acceptors (Lipinski definition) is 4. The van der Waals surface area contributed by atoms with E-state index in [1.807, 2.05) is 42.5 Å². The van der Waals surface area contributed by atoms with E-state index in [1.54, 1.807) is 34.9 Å². The Bertz CT molecular complexity index is 1240. The van der Waals surface area contributed by atoms with E-state index in [2.05, 4.69) is 6.07 Å². The number of rotatable bonds is 4. The molecular formula is C22H14ClN3OS. The Morgan fingerprint density at radius 2 is 1.71 bits per heavy atom. The van der Waals surface area contributed by atoms with Crippen LogP contribution in [-0.4, -0.2) is 9.55 Å². The maximum Gasteiger partial charge on any atom is 0.266 e. The SMILES string of the molecule is N#Cc1ccc(-n2c(SCc3ccc(Cl)cc3)nc3ccccc3c2=O)cc1. The van der Waals surface area contributed by atoms with Crippen LogP contribution in [0.25, 0.3) is 16.6 Å². The largest absolute Gasteiger partial charge is 0.268 e. The molecule has 0 unspecified atom stereocenters. The molecule has 0 aliphatic rings. The zero-order valence-corrected chi connectivity index (χ0v) is 16.2. The zero-order valence-electron chi connectivity index (χ0n) is 14.7. The van der Waals surface area contributed by atoms with Gasteiger partial charge in [0.2, 0.25) is 0 Å². The fourth-order valence-electron chi connectivity index (χ4n) is 2.85. The fraction of sp³-hybridized carbons (Fsp3) is 0.0455. The Morgan fingerprint density at radius 1 is 1.00 bits per heavy atom. The van der Waals surface area contributed by atoms with Gasteiger partial charge in [-0.2, -0.15) is 5.26 Å². The molecule has 3 aromatic carbocycles. The van der Waals surface area contributed by atoms with Gasteiger partial charge in [-0.25, -0.2) is 4.98 Å². The van der Waals surface area contributed by atoms with E-state index in [0.717, 1.165) is 5.56 Å². The number of fused-ring (bicyclic) bond motifs is 1. The Morgan fingerprint density at radius 3 is 2.43 bits per heavy atom. The quantitative estimate of drug-likeness (QED) is 0.347. The van der Waals surface area contributed by atoms with Crippen molar-refractivity contribution in [1.82, 2.24) is 9.55 Å². The molecule has 0 fully saturated rings. The zero-order chi connectivity index (χ0) is 19.5. The third-order valence-corrected chi connectivity index (χ3v) is 5.54. The maximum absolute atomic E-state index is 13.2. The van der Waals surface area contributed by atoms with Crippen molar-refractivity contribution in [3.63, 3.8) is 0 Å². The predicted molar refractivity (Wildman–Crippen MR) is 113 cm³/mol. The van der Waals surface area contributed by atoms with Gasteiger partial charge in [-0.15, -0.1) is 0 Å². The molecule has 4 aromatic rings. The van der Waals surface area contributed by atoms with Gasteiger partial charge in [0, 0.05) is 10.8 Å². The highest BCUT2D eigenvalue weighted by Crippen LogP contribution is 2.25. The van der Waals surface area contributed by atoms with Crippen LogP contribution in [0.3, 0.4) is 0 Å². The van der Waals surface area contributed by atoms with E-state index in [-0.39, 0.29) is 5.56 Å². The molecule has 0 radical (unpaired) electrons. The van der Waals surface area contributed by atoms with E-state index >= 15 is 0 Å². The molecule has 0 saturated carbocycles. The molecule has 0 saturated heterocycles. The molecule has 1 aromatic heterocycles. The minimum atomic E-state index is -0.131. The summed E-state index contributed by atoms with van der Waals surface area (Å²) in [6.07, 6.45) is 0. The van der Waals surface area contributed by atoms with Crippen molar-refractivity contribution >= 4 is 34.3 Å². The van der Waals surface area contributed by atoms with E-state index in [0.29, 0.717) is 38.1 Å². The van der Waals surface area contributed by atoms with Gasteiger partial charge in [0.15, 0.2) is 5.16 Å². The molecule has 28 heavy (non-hydrogen) atoms. The highest BCUT2D eigenvalue weighted by molar-refractivity contribution is 7.98. The summed E-state index contributed by atoms with van der Waals surface area (Å²) in [7, 11) is 0. The van der Waals surface area contributed by atoms with Gasteiger partial charge in [0.25, 0.3) is 5.56 Å². The lowest BCUT2D eigenvalue weighted by Crippen LogP contribution is -2.21. The predicted octanol–water partition coefficient (Wildman–Crippen LogP) is 5.20. The monoisotopic (exact) mass is 403 g/mol. The summed E-state index contributed by atoms with van der Waals surface area (Å²) >= 11 is 7.44. The van der Waals surface area contributed by atoms with Gasteiger partial charge >= 0.3 is 0 Å². The number of aromatic nitrogens is 2. The number of nitrogens with zero attached hydrogens (tertiary/aromatic N) is 3. The molecule has 0 N–H and O–H groups in total. The lowest BCUT2D eigenvalue weighted by atomic mass is 10.2. The van der Waals surface area contributed by atoms with Crippen molar-refractivity contribution in [2.75, 3.05) is 0 Å². The van der Waals surface area contributed by atoms with Gasteiger partial charge in [0.1, 0.15) is 0 Å². The number of nitriles is 1. The van der Waals surface area contributed by atoms with Crippen LogP contribution in [0.1, 0.15) is 11.1 Å². The van der Waals surface area contributed by atoms with Gasteiger partial charge in [-0.05, 0) is 54.1 Å². The lowest BCUT2D eigenvalue weighted by Gasteiger charge is -2.13. The van der Waals surface area contributed by atoms with Crippen LogP contribution in [0.5, 0.6) is 0 Å². The standard InChI is InChI=1S/C22H14ClN3OS/c23-17-9-5-16(6-10-17)14-28-22-25-20-4-2-1-3-19(20)21(27)26(22)18-11-7-15(13-24)8-12-18/h1-12H,14H2. The molecule has 0 aliphatic heterocycles. The number of hydrogen-bond donors (Lipinski definition) is 0. The lowest BCUT2D eigenvalue weighted by molar-refractivity contribution is 0.819. The minimum Gasteiger partial charge on any atom is -0.268 e. The highest BCUT2D eigenvalue weighted by atomic mass is 35.5. The van der Waals surface area contributed by atoms with Crippen molar-refractivity contribution in [3.05, 3.63) is 99.3 Å². The van der Waals surface area contributed by atoms with Gasteiger partial charge in [0.05, 0.1) is 28.2 Å². The van der Waals surface area contributed by atoms with Gasteiger partial charge in [-0.1, -0.05) is 47.6 Å². The maximum atomic E-state index is 13.2. The van der Waals surface area contributed by atoms with E-state index in [1.165, 1.54) is 11.8 Å². The van der Waals surface area contributed by atoms with Crippen molar-refractivity contribution in [1.29, 1.82) is 5.26 Å². The summed E-state index contributed by atoms with van der Waals surface area (Å²) in [4.78, 5) is 17.9. The first kappa shape index (κ1) is 18.3. The van der Waals surface area contributed by atoms with Crippen LogP contribution in [0.2, 0.25) is 5.02 Å². The molecule has 0 bridgehead atoms.